The molecule has 17 nitrogen and oxygen atoms in total. The lowest BCUT2D eigenvalue weighted by molar-refractivity contribution is -0.387. The summed E-state index contributed by atoms with van der Waals surface area (Å²) in [5.41, 5.74) is 6.69. The fourth-order valence-corrected chi connectivity index (χ4v) is 5.03. The van der Waals surface area contributed by atoms with E-state index in [1.807, 2.05) is 36.4 Å². The highest BCUT2D eigenvalue weighted by atomic mass is 16.6. The molecular formula is C37H36N8O9. The van der Waals surface area contributed by atoms with E-state index in [0.717, 1.165) is 5.56 Å². The van der Waals surface area contributed by atoms with Crippen LogP contribution in [0.15, 0.2) is 79.1 Å². The van der Waals surface area contributed by atoms with Gasteiger partial charge in [-0.2, -0.15) is 15.2 Å². The Balaban J connectivity index is 1.62. The van der Waals surface area contributed by atoms with Crippen LogP contribution in [0, 0.1) is 21.4 Å². The third kappa shape index (κ3) is 10.0. The Bertz CT molecular complexity index is 2140. The number of carboxylic acid groups (broad SMARTS) is 1. The number of aromatic amines is 1. The lowest BCUT2D eigenvalue weighted by atomic mass is 10.1. The maximum Gasteiger partial charge on any atom is 0.392 e. The van der Waals surface area contributed by atoms with E-state index in [-0.39, 0.29) is 48.2 Å². The third-order valence-corrected chi connectivity index (χ3v) is 7.75. The van der Waals surface area contributed by atoms with Crippen LogP contribution in [0.2, 0.25) is 0 Å². The molecule has 2 aromatic heterocycles. The minimum atomic E-state index is -1.57. The number of amides is 1. The first-order valence-electron chi connectivity index (χ1n) is 16.6. The molecule has 0 fully saturated rings. The number of ether oxygens (including phenoxy) is 4. The fraction of sp³-hybridized carbons (Fsp3) is 0.243. The van der Waals surface area contributed by atoms with Crippen molar-refractivity contribution >= 4 is 17.6 Å². The summed E-state index contributed by atoms with van der Waals surface area (Å²) in [7, 11) is 3.21. The van der Waals surface area contributed by atoms with Crippen molar-refractivity contribution in [3.8, 4) is 52.5 Å². The normalized spacial score (nSPS) is 11.2. The minimum absolute atomic E-state index is 0.0141. The molecular weight excluding hydrogens is 700 g/mol. The van der Waals surface area contributed by atoms with E-state index >= 15 is 0 Å². The first-order chi connectivity index (χ1) is 26.0. The molecule has 0 radical (unpaired) electrons. The molecule has 278 valence electrons. The van der Waals surface area contributed by atoms with Gasteiger partial charge in [0.1, 0.15) is 18.2 Å². The monoisotopic (exact) mass is 736 g/mol. The Morgan fingerprint density at radius 1 is 1.02 bits per heavy atom. The number of nitrogens with zero attached hydrogens (tertiary/aromatic N) is 6. The second-order valence-corrected chi connectivity index (χ2v) is 12.0. The zero-order valence-corrected chi connectivity index (χ0v) is 29.3. The zero-order chi connectivity index (χ0) is 38.6. The van der Waals surface area contributed by atoms with Crippen LogP contribution in [0.25, 0.3) is 11.4 Å². The zero-order valence-electron chi connectivity index (χ0n) is 29.3. The van der Waals surface area contributed by atoms with Gasteiger partial charge in [-0.15, -0.1) is 0 Å². The number of aliphatic carboxylic acids is 1. The second kappa shape index (κ2) is 17.9. The van der Waals surface area contributed by atoms with Crippen molar-refractivity contribution in [3.63, 3.8) is 0 Å². The van der Waals surface area contributed by atoms with E-state index in [1.165, 1.54) is 41.4 Å². The average molecular weight is 737 g/mol. The summed E-state index contributed by atoms with van der Waals surface area (Å²) in [6.07, 6.45) is 2.29. The molecule has 17 heteroatoms. The van der Waals surface area contributed by atoms with Gasteiger partial charge in [0.2, 0.25) is 5.91 Å². The summed E-state index contributed by atoms with van der Waals surface area (Å²) in [5.74, 6) is -2.47. The first-order valence-corrected chi connectivity index (χ1v) is 16.6. The van der Waals surface area contributed by atoms with Gasteiger partial charge in [0.05, 0.1) is 23.0 Å². The van der Waals surface area contributed by atoms with Crippen molar-refractivity contribution in [2.45, 2.75) is 38.4 Å². The molecule has 0 saturated heterocycles. The Hall–Kier alpha value is -7.06. The lowest BCUT2D eigenvalue weighted by Crippen LogP contribution is -2.28. The molecule has 0 aliphatic heterocycles. The van der Waals surface area contributed by atoms with Gasteiger partial charge >= 0.3 is 29.4 Å². The molecule has 0 aliphatic rings. The van der Waals surface area contributed by atoms with Crippen LogP contribution in [0.3, 0.4) is 0 Å². The molecule has 5 rings (SSSR count). The van der Waals surface area contributed by atoms with Crippen LogP contribution >= 0.6 is 0 Å². The number of nitriles is 1. The number of nitro groups is 1. The van der Waals surface area contributed by atoms with Gasteiger partial charge in [0.25, 0.3) is 0 Å². The van der Waals surface area contributed by atoms with E-state index in [0.29, 0.717) is 36.3 Å². The van der Waals surface area contributed by atoms with Gasteiger partial charge in [-0.05, 0) is 67.3 Å². The van der Waals surface area contributed by atoms with Crippen molar-refractivity contribution in [2.75, 3.05) is 20.6 Å². The number of likely N-dealkylation sites (N-methyl/N-ethyl adjacent to an activating group) is 1. The molecule has 0 aliphatic carbocycles. The Labute approximate surface area is 309 Å². The number of unbranched alkanes of at least 4 members (excludes halogenated alkanes) is 1. The molecule has 1 unspecified atom stereocenters. The summed E-state index contributed by atoms with van der Waals surface area (Å²) in [6, 6.07) is 19.8. The number of carbonyl (C=O) groups is 2. The molecule has 5 aromatic rings. The summed E-state index contributed by atoms with van der Waals surface area (Å²) in [6.45, 7) is 0.423. The highest BCUT2D eigenvalue weighted by molar-refractivity contribution is 5.79. The number of nitrogens with one attached hydrogen (secondary N) is 1. The number of H-pyrrole nitrogens is 1. The molecule has 0 saturated carbocycles. The van der Waals surface area contributed by atoms with Crippen molar-refractivity contribution in [1.29, 1.82) is 5.26 Å². The van der Waals surface area contributed by atoms with Gasteiger partial charge in [-0.1, -0.05) is 30.3 Å². The predicted molar refractivity (Wildman–Crippen MR) is 192 cm³/mol. The van der Waals surface area contributed by atoms with Crippen LogP contribution in [0.4, 0.5) is 5.69 Å². The number of carbonyl (C=O) groups excluding carboxylic acids is 1. The highest BCUT2D eigenvalue weighted by Crippen LogP contribution is 2.41. The van der Waals surface area contributed by atoms with E-state index in [9.17, 15) is 30.1 Å². The fourth-order valence-electron chi connectivity index (χ4n) is 5.03. The number of carboxylic acids is 1. The quantitative estimate of drug-likeness (QED) is 0.0580. The number of hydrogen-bond acceptors (Lipinski definition) is 13. The van der Waals surface area contributed by atoms with Gasteiger partial charge in [0, 0.05) is 38.1 Å². The number of imidazole rings is 1. The second-order valence-electron chi connectivity index (χ2n) is 12.0. The van der Waals surface area contributed by atoms with Gasteiger partial charge in [-0.3, -0.25) is 14.9 Å². The summed E-state index contributed by atoms with van der Waals surface area (Å²) < 4.78 is 23.8. The van der Waals surface area contributed by atoms with Crippen molar-refractivity contribution in [2.24, 2.45) is 5.73 Å². The largest absolute Gasteiger partial charge is 0.485 e. The summed E-state index contributed by atoms with van der Waals surface area (Å²) in [5, 5.41) is 32.2. The Kier molecular flexibility index (Phi) is 12.7. The molecule has 3 aromatic carbocycles. The highest BCUT2D eigenvalue weighted by Gasteiger charge is 2.33. The Morgan fingerprint density at radius 3 is 2.46 bits per heavy atom. The Morgan fingerprint density at radius 2 is 1.80 bits per heavy atom. The summed E-state index contributed by atoms with van der Waals surface area (Å²) in [4.78, 5) is 53.7. The first kappa shape index (κ1) is 38.2. The topological polar surface area (TPSA) is 242 Å². The standard InChI is InChI=1S/C37H36N8O9/c1-44(2)31(46)19-25-16-26(33-40-14-15-41-33)20-27(17-25)52-34-32(45(49)50)35(53-29(36(47)48)10-6-7-13-38)43-37(42-34)54-30-18-24(21-39)11-12-28(30)51-22-23-8-4-3-5-9-23/h3-5,8-9,11-12,14-18,20,29H,6-7,10,13,19,22,38H2,1-2H3,(H,40,41)(H,47,48). The SMILES string of the molecule is CN(C)C(=O)Cc1cc(Oc2nc(Oc3cc(C#N)ccc3OCc3ccccc3)nc(OC(CCCCN)C(=O)O)c2[N+](=O)[O-])cc(-c2ncc[nH]2)c1. The van der Waals surface area contributed by atoms with Gasteiger partial charge in [0.15, 0.2) is 17.6 Å². The van der Waals surface area contributed by atoms with Gasteiger partial charge < -0.3 is 39.7 Å². The lowest BCUT2D eigenvalue weighted by Gasteiger charge is -2.17. The van der Waals surface area contributed by atoms with Crippen molar-refractivity contribution in [1.82, 2.24) is 24.8 Å². The van der Waals surface area contributed by atoms with E-state index in [1.54, 1.807) is 26.4 Å². The van der Waals surface area contributed by atoms with Crippen molar-refractivity contribution in [3.05, 3.63) is 106 Å². The smallest absolute Gasteiger partial charge is 0.392 e. The number of nitrogens with two attached hydrogens (primary N) is 1. The van der Waals surface area contributed by atoms with Crippen LogP contribution in [-0.4, -0.2) is 73.5 Å². The minimum Gasteiger partial charge on any atom is -0.485 e. The molecule has 54 heavy (non-hydrogen) atoms. The van der Waals surface area contributed by atoms with E-state index in [4.69, 9.17) is 24.7 Å². The number of hydrogen-bond donors (Lipinski definition) is 3. The van der Waals surface area contributed by atoms with Gasteiger partial charge in [-0.25, -0.2) is 9.78 Å². The van der Waals surface area contributed by atoms with Crippen LogP contribution < -0.4 is 24.7 Å². The van der Waals surface area contributed by atoms with Crippen LogP contribution in [-0.2, 0) is 22.6 Å². The molecule has 1 amide bonds. The van der Waals surface area contributed by atoms with Crippen molar-refractivity contribution < 1.29 is 38.6 Å². The number of rotatable bonds is 18. The van der Waals surface area contributed by atoms with E-state index < -0.39 is 40.5 Å². The summed E-state index contributed by atoms with van der Waals surface area (Å²) >= 11 is 0. The number of aromatic nitrogens is 4. The predicted octanol–water partition coefficient (Wildman–Crippen LogP) is 5.40. The van der Waals surface area contributed by atoms with E-state index in [2.05, 4.69) is 19.9 Å². The number of benzene rings is 3. The molecule has 0 spiro atoms. The average Bonchev–Trinajstić information content (AvgIpc) is 3.69. The van der Waals surface area contributed by atoms with Crippen LogP contribution in [0.5, 0.6) is 35.0 Å². The molecule has 0 bridgehead atoms. The maximum atomic E-state index is 12.7. The van der Waals surface area contributed by atoms with Crippen LogP contribution in [0.1, 0.15) is 36.0 Å². The third-order valence-electron chi connectivity index (χ3n) is 7.75. The molecule has 4 N–H and O–H groups in total. The maximum absolute atomic E-state index is 12.7. The molecule has 1 atom stereocenters. The molecule has 2 heterocycles.